The molecule has 1 unspecified atom stereocenters. The van der Waals surface area contributed by atoms with Gasteiger partial charge in [0.25, 0.3) is 0 Å². The first-order valence-electron chi connectivity index (χ1n) is 2.43. The lowest BCUT2D eigenvalue weighted by molar-refractivity contribution is -0.179. The molecule has 1 atom stereocenters. The van der Waals surface area contributed by atoms with Crippen LogP contribution < -0.4 is 0 Å². The molecular formula is C5H8F3O. The van der Waals surface area contributed by atoms with E-state index in [0.29, 0.717) is 0 Å². The largest absolute Gasteiger partial charge is 0.411 e. The van der Waals surface area contributed by atoms with Crippen LogP contribution in [0, 0.1) is 6.92 Å². The molecule has 4 heteroatoms. The van der Waals surface area contributed by atoms with Gasteiger partial charge in [0.15, 0.2) is 0 Å². The van der Waals surface area contributed by atoms with Crippen molar-refractivity contribution >= 4 is 0 Å². The molecule has 0 aliphatic heterocycles. The number of alkyl halides is 3. The van der Waals surface area contributed by atoms with Crippen LogP contribution in [0.3, 0.4) is 0 Å². The Morgan fingerprint density at radius 1 is 1.56 bits per heavy atom. The highest BCUT2D eigenvalue weighted by Crippen LogP contribution is 2.14. The summed E-state index contributed by atoms with van der Waals surface area (Å²) >= 11 is 0. The van der Waals surface area contributed by atoms with Gasteiger partial charge in [-0.2, -0.15) is 13.2 Å². The maximum absolute atomic E-state index is 11.3. The molecule has 0 saturated heterocycles. The molecule has 0 N–H and O–H groups in total. The summed E-state index contributed by atoms with van der Waals surface area (Å²) in [4.78, 5) is 0. The predicted molar refractivity (Wildman–Crippen MR) is 26.8 cm³/mol. The minimum absolute atomic E-state index is 0.605. The van der Waals surface area contributed by atoms with E-state index in [1.165, 1.54) is 6.92 Å². The number of halogens is 3. The molecule has 55 valence electrons. The van der Waals surface area contributed by atoms with Gasteiger partial charge in [0.2, 0.25) is 0 Å². The fourth-order valence-corrected chi connectivity index (χ4v) is 0.237. The third-order valence-electron chi connectivity index (χ3n) is 0.532. The van der Waals surface area contributed by atoms with Crippen molar-refractivity contribution in [2.75, 3.05) is 6.61 Å². The van der Waals surface area contributed by atoms with Crippen molar-refractivity contribution in [3.63, 3.8) is 0 Å². The van der Waals surface area contributed by atoms with Crippen LogP contribution in [0.2, 0.25) is 0 Å². The highest BCUT2D eigenvalue weighted by molar-refractivity contribution is 4.53. The van der Waals surface area contributed by atoms with Gasteiger partial charge in [-0.05, 0) is 13.8 Å². The molecule has 0 spiro atoms. The SMILES string of the molecule is [CH2]C(C)OCC(F)(F)F. The van der Waals surface area contributed by atoms with Gasteiger partial charge < -0.3 is 4.74 Å². The highest BCUT2D eigenvalue weighted by atomic mass is 19.4. The smallest absolute Gasteiger partial charge is 0.369 e. The van der Waals surface area contributed by atoms with Gasteiger partial charge in [0, 0.05) is 0 Å². The van der Waals surface area contributed by atoms with Crippen LogP contribution in [0.1, 0.15) is 6.92 Å². The molecule has 0 saturated carbocycles. The summed E-state index contributed by atoms with van der Waals surface area (Å²) in [6.45, 7) is 3.46. The summed E-state index contributed by atoms with van der Waals surface area (Å²) in [5.74, 6) is 0. The zero-order chi connectivity index (χ0) is 7.49. The van der Waals surface area contributed by atoms with E-state index < -0.39 is 18.9 Å². The van der Waals surface area contributed by atoms with Crippen LogP contribution in [-0.4, -0.2) is 18.9 Å². The van der Waals surface area contributed by atoms with Crippen LogP contribution in [-0.2, 0) is 4.74 Å². The zero-order valence-corrected chi connectivity index (χ0v) is 5.03. The van der Waals surface area contributed by atoms with Crippen molar-refractivity contribution in [3.8, 4) is 0 Å². The molecule has 0 bridgehead atoms. The average Bonchev–Trinajstić information content (AvgIpc) is 1.59. The molecule has 0 heterocycles. The predicted octanol–water partition coefficient (Wildman–Crippen LogP) is 1.79. The van der Waals surface area contributed by atoms with E-state index in [1.54, 1.807) is 0 Å². The molecule has 9 heavy (non-hydrogen) atoms. The fraction of sp³-hybridized carbons (Fsp3) is 0.800. The first kappa shape index (κ1) is 8.75. The second-order valence-corrected chi connectivity index (χ2v) is 1.74. The van der Waals surface area contributed by atoms with Crippen molar-refractivity contribution in [1.29, 1.82) is 0 Å². The maximum Gasteiger partial charge on any atom is 0.411 e. The summed E-state index contributed by atoms with van der Waals surface area (Å²) in [6, 6.07) is 0. The normalized spacial score (nSPS) is 12.7. The Hall–Kier alpha value is -0.250. The Labute approximate surface area is 51.8 Å². The Kier molecular flexibility index (Phi) is 2.97. The minimum atomic E-state index is -4.23. The zero-order valence-electron chi connectivity index (χ0n) is 5.03. The Morgan fingerprint density at radius 2 is 2.00 bits per heavy atom. The highest BCUT2D eigenvalue weighted by Gasteiger charge is 2.27. The second kappa shape index (κ2) is 3.06. The third kappa shape index (κ3) is 7.75. The monoisotopic (exact) mass is 141 g/mol. The maximum atomic E-state index is 11.3. The molecule has 0 aromatic carbocycles. The first-order chi connectivity index (χ1) is 3.92. The summed E-state index contributed by atoms with van der Waals surface area (Å²) in [7, 11) is 0. The standard InChI is InChI=1S/C5H8F3O/c1-4(2)9-3-5(6,7)8/h4H,1,3H2,2H3. The molecule has 1 radical (unpaired) electrons. The van der Waals surface area contributed by atoms with E-state index in [4.69, 9.17) is 0 Å². The van der Waals surface area contributed by atoms with E-state index >= 15 is 0 Å². The van der Waals surface area contributed by atoms with Crippen molar-refractivity contribution in [3.05, 3.63) is 6.92 Å². The van der Waals surface area contributed by atoms with Crippen LogP contribution in [0.25, 0.3) is 0 Å². The van der Waals surface area contributed by atoms with Crippen LogP contribution >= 0.6 is 0 Å². The van der Waals surface area contributed by atoms with Gasteiger partial charge in [-0.15, -0.1) is 0 Å². The van der Waals surface area contributed by atoms with Gasteiger partial charge in [-0.3, -0.25) is 0 Å². The van der Waals surface area contributed by atoms with Crippen LogP contribution in [0.15, 0.2) is 0 Å². The quantitative estimate of drug-likeness (QED) is 0.569. The summed E-state index contributed by atoms with van der Waals surface area (Å²) in [5.41, 5.74) is 0. The topological polar surface area (TPSA) is 9.23 Å². The lowest BCUT2D eigenvalue weighted by atomic mass is 10.5. The first-order valence-corrected chi connectivity index (χ1v) is 2.43. The number of rotatable bonds is 2. The molecule has 0 aliphatic carbocycles. The van der Waals surface area contributed by atoms with Crippen molar-refractivity contribution in [2.24, 2.45) is 0 Å². The molecule has 0 rings (SSSR count). The third-order valence-corrected chi connectivity index (χ3v) is 0.532. The van der Waals surface area contributed by atoms with Crippen molar-refractivity contribution < 1.29 is 17.9 Å². The molecule has 0 aliphatic rings. The number of hydrogen-bond acceptors (Lipinski definition) is 1. The molecule has 0 aromatic heterocycles. The second-order valence-electron chi connectivity index (χ2n) is 1.74. The van der Waals surface area contributed by atoms with E-state index in [-0.39, 0.29) is 0 Å². The lowest BCUT2D eigenvalue weighted by Crippen LogP contribution is -2.19. The van der Waals surface area contributed by atoms with Crippen LogP contribution in [0.4, 0.5) is 13.2 Å². The molecule has 0 aromatic rings. The van der Waals surface area contributed by atoms with Crippen LogP contribution in [0.5, 0.6) is 0 Å². The molecule has 1 nitrogen and oxygen atoms in total. The van der Waals surface area contributed by atoms with Gasteiger partial charge in [0.05, 0.1) is 6.10 Å². The summed E-state index contributed by atoms with van der Waals surface area (Å²) in [5, 5.41) is 0. The van der Waals surface area contributed by atoms with Gasteiger partial charge in [-0.25, -0.2) is 0 Å². The van der Waals surface area contributed by atoms with E-state index in [9.17, 15) is 13.2 Å². The number of hydrogen-bond donors (Lipinski definition) is 0. The number of ether oxygens (including phenoxy) is 1. The Balaban J connectivity index is 3.28. The van der Waals surface area contributed by atoms with Gasteiger partial charge >= 0.3 is 6.18 Å². The van der Waals surface area contributed by atoms with E-state index in [2.05, 4.69) is 11.7 Å². The van der Waals surface area contributed by atoms with Gasteiger partial charge in [0.1, 0.15) is 6.61 Å². The summed E-state index contributed by atoms with van der Waals surface area (Å²) < 4.78 is 38.0. The molecular weight excluding hydrogens is 133 g/mol. The average molecular weight is 141 g/mol. The van der Waals surface area contributed by atoms with E-state index in [0.717, 1.165) is 0 Å². The molecule has 0 fully saturated rings. The Bertz CT molecular complexity index is 76.8. The summed E-state index contributed by atoms with van der Waals surface area (Å²) in [6.07, 6.45) is -4.84. The fourth-order valence-electron chi connectivity index (χ4n) is 0.237. The molecule has 0 amide bonds. The van der Waals surface area contributed by atoms with Gasteiger partial charge in [-0.1, -0.05) is 0 Å². The van der Waals surface area contributed by atoms with E-state index in [1.807, 2.05) is 0 Å². The minimum Gasteiger partial charge on any atom is -0.369 e. The van der Waals surface area contributed by atoms with Crippen molar-refractivity contribution in [1.82, 2.24) is 0 Å². The lowest BCUT2D eigenvalue weighted by Gasteiger charge is -2.09. The van der Waals surface area contributed by atoms with Crippen molar-refractivity contribution in [2.45, 2.75) is 19.2 Å². The Morgan fingerprint density at radius 3 is 2.11 bits per heavy atom.